The Morgan fingerprint density at radius 1 is 1.47 bits per heavy atom. The molecule has 1 fully saturated rings. The average molecular weight is 258 g/mol. The standard InChI is InChI=1S/C16H22N2O/c1-4-16-11-19-13(3)9-18(16)10-15-6-5-14(8-17)7-12(15)2/h5-7,13,16H,4,9-11H2,1-3H3. The lowest BCUT2D eigenvalue weighted by Crippen LogP contribution is -2.47. The van der Waals surface area contributed by atoms with E-state index in [1.165, 1.54) is 11.1 Å². The van der Waals surface area contributed by atoms with Gasteiger partial charge in [-0.25, -0.2) is 0 Å². The van der Waals surface area contributed by atoms with Gasteiger partial charge in [0.2, 0.25) is 0 Å². The molecule has 0 amide bonds. The minimum atomic E-state index is 0.307. The highest BCUT2D eigenvalue weighted by Crippen LogP contribution is 2.20. The van der Waals surface area contributed by atoms with Crippen molar-refractivity contribution in [1.82, 2.24) is 4.90 Å². The van der Waals surface area contributed by atoms with Crippen molar-refractivity contribution in [3.05, 3.63) is 34.9 Å². The van der Waals surface area contributed by atoms with Crippen LogP contribution in [-0.2, 0) is 11.3 Å². The highest BCUT2D eigenvalue weighted by molar-refractivity contribution is 5.37. The Labute approximate surface area is 115 Å². The van der Waals surface area contributed by atoms with Crippen LogP contribution in [-0.4, -0.2) is 30.2 Å². The number of aryl methyl sites for hydroxylation is 1. The third-order valence-electron chi connectivity index (χ3n) is 3.90. The van der Waals surface area contributed by atoms with E-state index in [2.05, 4.69) is 37.8 Å². The summed E-state index contributed by atoms with van der Waals surface area (Å²) in [7, 11) is 0. The van der Waals surface area contributed by atoms with Crippen molar-refractivity contribution in [2.24, 2.45) is 0 Å². The van der Waals surface area contributed by atoms with Gasteiger partial charge in [-0.05, 0) is 43.5 Å². The van der Waals surface area contributed by atoms with Gasteiger partial charge >= 0.3 is 0 Å². The second-order valence-electron chi connectivity index (χ2n) is 5.39. The van der Waals surface area contributed by atoms with Crippen LogP contribution < -0.4 is 0 Å². The lowest BCUT2D eigenvalue weighted by molar-refractivity contribution is -0.0592. The van der Waals surface area contributed by atoms with Crippen molar-refractivity contribution in [1.29, 1.82) is 5.26 Å². The van der Waals surface area contributed by atoms with E-state index in [1.54, 1.807) is 0 Å². The average Bonchev–Trinajstić information content (AvgIpc) is 2.41. The van der Waals surface area contributed by atoms with Crippen LogP contribution in [0.1, 0.15) is 37.0 Å². The molecule has 0 saturated carbocycles. The summed E-state index contributed by atoms with van der Waals surface area (Å²) in [6.07, 6.45) is 1.42. The van der Waals surface area contributed by atoms with E-state index in [4.69, 9.17) is 10.00 Å². The molecule has 1 aliphatic heterocycles. The largest absolute Gasteiger partial charge is 0.376 e. The van der Waals surface area contributed by atoms with Crippen LogP contribution in [0.5, 0.6) is 0 Å². The van der Waals surface area contributed by atoms with Crippen LogP contribution in [0.15, 0.2) is 18.2 Å². The maximum absolute atomic E-state index is 8.91. The molecule has 2 rings (SSSR count). The Morgan fingerprint density at radius 3 is 2.89 bits per heavy atom. The molecule has 1 saturated heterocycles. The molecule has 1 aromatic rings. The van der Waals surface area contributed by atoms with Crippen molar-refractivity contribution in [3.63, 3.8) is 0 Å². The summed E-state index contributed by atoms with van der Waals surface area (Å²) in [6, 6.07) is 8.66. The summed E-state index contributed by atoms with van der Waals surface area (Å²) in [6.45, 7) is 9.18. The predicted octanol–water partition coefficient (Wildman–Crippen LogP) is 2.87. The highest BCUT2D eigenvalue weighted by atomic mass is 16.5. The third kappa shape index (κ3) is 3.34. The molecule has 0 aromatic heterocycles. The molecule has 1 heterocycles. The van der Waals surface area contributed by atoms with E-state index in [9.17, 15) is 0 Å². The molecule has 3 nitrogen and oxygen atoms in total. The van der Waals surface area contributed by atoms with Gasteiger partial charge in [0, 0.05) is 19.1 Å². The van der Waals surface area contributed by atoms with E-state index in [0.717, 1.165) is 31.7 Å². The molecule has 3 heteroatoms. The lowest BCUT2D eigenvalue weighted by Gasteiger charge is -2.38. The fourth-order valence-corrected chi connectivity index (χ4v) is 2.64. The Morgan fingerprint density at radius 2 is 2.26 bits per heavy atom. The lowest BCUT2D eigenvalue weighted by atomic mass is 10.0. The van der Waals surface area contributed by atoms with E-state index < -0.39 is 0 Å². The van der Waals surface area contributed by atoms with Gasteiger partial charge < -0.3 is 4.74 Å². The maximum atomic E-state index is 8.91. The minimum Gasteiger partial charge on any atom is -0.376 e. The van der Waals surface area contributed by atoms with Crippen LogP contribution in [0.25, 0.3) is 0 Å². The van der Waals surface area contributed by atoms with Gasteiger partial charge in [-0.1, -0.05) is 13.0 Å². The summed E-state index contributed by atoms with van der Waals surface area (Å²) in [5.41, 5.74) is 3.25. The van der Waals surface area contributed by atoms with Gasteiger partial charge in [0.25, 0.3) is 0 Å². The molecular weight excluding hydrogens is 236 g/mol. The first kappa shape index (κ1) is 14.0. The molecule has 0 radical (unpaired) electrons. The zero-order chi connectivity index (χ0) is 13.8. The third-order valence-corrected chi connectivity index (χ3v) is 3.90. The number of rotatable bonds is 3. The van der Waals surface area contributed by atoms with Crippen LogP contribution in [0.3, 0.4) is 0 Å². The molecule has 0 N–H and O–H groups in total. The van der Waals surface area contributed by atoms with E-state index in [0.29, 0.717) is 12.1 Å². The van der Waals surface area contributed by atoms with Crippen LogP contribution in [0.4, 0.5) is 0 Å². The van der Waals surface area contributed by atoms with Crippen molar-refractivity contribution in [3.8, 4) is 6.07 Å². The fourth-order valence-electron chi connectivity index (χ4n) is 2.64. The maximum Gasteiger partial charge on any atom is 0.0991 e. The highest BCUT2D eigenvalue weighted by Gasteiger charge is 2.25. The number of benzene rings is 1. The summed E-state index contributed by atoms with van der Waals surface area (Å²) < 4.78 is 5.73. The molecule has 102 valence electrons. The normalized spacial score (nSPS) is 24.1. The fraction of sp³-hybridized carbons (Fsp3) is 0.562. The Kier molecular flexibility index (Phi) is 4.57. The Bertz CT molecular complexity index is 478. The van der Waals surface area contributed by atoms with Gasteiger partial charge in [-0.15, -0.1) is 0 Å². The number of nitrogens with zero attached hydrogens (tertiary/aromatic N) is 2. The van der Waals surface area contributed by atoms with Gasteiger partial charge in [0.05, 0.1) is 24.3 Å². The molecule has 19 heavy (non-hydrogen) atoms. The van der Waals surface area contributed by atoms with Gasteiger partial charge in [-0.3, -0.25) is 4.90 Å². The summed E-state index contributed by atoms with van der Waals surface area (Å²) in [4.78, 5) is 2.50. The molecule has 1 aromatic carbocycles. The zero-order valence-electron chi connectivity index (χ0n) is 12.0. The SMILES string of the molecule is CCC1COC(C)CN1Cc1ccc(C#N)cc1C. The summed E-state index contributed by atoms with van der Waals surface area (Å²) in [5, 5.41) is 8.91. The number of ether oxygens (including phenoxy) is 1. The first-order valence-corrected chi connectivity index (χ1v) is 6.99. The van der Waals surface area contributed by atoms with Crippen LogP contribution in [0, 0.1) is 18.3 Å². The molecular formula is C16H22N2O. The smallest absolute Gasteiger partial charge is 0.0991 e. The van der Waals surface area contributed by atoms with E-state index in [1.807, 2.05) is 12.1 Å². The molecule has 0 bridgehead atoms. The van der Waals surface area contributed by atoms with Gasteiger partial charge in [0.1, 0.15) is 0 Å². The minimum absolute atomic E-state index is 0.307. The first-order chi connectivity index (χ1) is 9.13. The van der Waals surface area contributed by atoms with Crippen LogP contribution in [0.2, 0.25) is 0 Å². The zero-order valence-corrected chi connectivity index (χ0v) is 12.0. The second-order valence-corrected chi connectivity index (χ2v) is 5.39. The molecule has 2 atom stereocenters. The predicted molar refractivity (Wildman–Crippen MR) is 75.8 cm³/mol. The Hall–Kier alpha value is -1.37. The van der Waals surface area contributed by atoms with Crippen molar-refractivity contribution in [2.45, 2.75) is 45.9 Å². The van der Waals surface area contributed by atoms with Crippen molar-refractivity contribution >= 4 is 0 Å². The Balaban J connectivity index is 2.13. The summed E-state index contributed by atoms with van der Waals surface area (Å²) in [5.74, 6) is 0. The number of morpholine rings is 1. The van der Waals surface area contributed by atoms with Gasteiger partial charge in [0.15, 0.2) is 0 Å². The molecule has 2 unspecified atom stereocenters. The molecule has 1 aliphatic rings. The number of nitriles is 1. The second kappa shape index (κ2) is 6.18. The molecule has 0 aliphatic carbocycles. The number of hydrogen-bond donors (Lipinski definition) is 0. The quantitative estimate of drug-likeness (QED) is 0.836. The van der Waals surface area contributed by atoms with Crippen LogP contribution >= 0.6 is 0 Å². The molecule has 0 spiro atoms. The van der Waals surface area contributed by atoms with Gasteiger partial charge in [-0.2, -0.15) is 5.26 Å². The van der Waals surface area contributed by atoms with Crippen molar-refractivity contribution in [2.75, 3.05) is 13.2 Å². The van der Waals surface area contributed by atoms with E-state index >= 15 is 0 Å². The first-order valence-electron chi connectivity index (χ1n) is 6.99. The summed E-state index contributed by atoms with van der Waals surface area (Å²) >= 11 is 0. The monoisotopic (exact) mass is 258 g/mol. The van der Waals surface area contributed by atoms with E-state index in [-0.39, 0.29) is 0 Å². The topological polar surface area (TPSA) is 36.3 Å². The van der Waals surface area contributed by atoms with Crippen molar-refractivity contribution < 1.29 is 4.74 Å². The number of hydrogen-bond acceptors (Lipinski definition) is 3.